The summed E-state index contributed by atoms with van der Waals surface area (Å²) in [6.07, 6.45) is 2.57. The third kappa shape index (κ3) is 6.16. The number of benzene rings is 1. The number of amides is 1. The van der Waals surface area contributed by atoms with Gasteiger partial charge in [0.15, 0.2) is 6.61 Å². The molecule has 0 bridgehead atoms. The second kappa shape index (κ2) is 10.9. The Hall–Kier alpha value is -4.20. The number of hydrogen-bond acceptors (Lipinski definition) is 9. The number of hydrogen-bond donors (Lipinski definition) is 1. The lowest BCUT2D eigenvalue weighted by Crippen LogP contribution is -2.38. The Morgan fingerprint density at radius 2 is 2.06 bits per heavy atom. The maximum Gasteiger partial charge on any atom is 0.309 e. The van der Waals surface area contributed by atoms with Crippen molar-refractivity contribution in [3.05, 3.63) is 52.2 Å². The Balaban J connectivity index is 1.48. The zero-order valence-electron chi connectivity index (χ0n) is 18.0. The van der Waals surface area contributed by atoms with Crippen molar-refractivity contribution in [1.82, 2.24) is 4.98 Å². The number of piperidine rings is 1. The maximum absolute atomic E-state index is 12.4. The molecule has 3 rings (SSSR count). The summed E-state index contributed by atoms with van der Waals surface area (Å²) in [5, 5.41) is 22.5. The highest BCUT2D eigenvalue weighted by Gasteiger charge is 2.27. The van der Waals surface area contributed by atoms with E-state index in [1.165, 1.54) is 24.4 Å². The second-order valence-corrected chi connectivity index (χ2v) is 7.30. The van der Waals surface area contributed by atoms with E-state index < -0.39 is 23.4 Å². The lowest BCUT2D eigenvalue weighted by atomic mass is 9.97. The number of esters is 1. The largest absolute Gasteiger partial charge is 0.494 e. The van der Waals surface area contributed by atoms with Crippen LogP contribution in [0, 0.1) is 27.4 Å². The SMILES string of the molecule is CCOc1ccc(NC(=O)COC(=O)C2CCN(c3ccc(C#N)cn3)CC2)c([N+](=O)[O-])c1. The average molecular weight is 453 g/mol. The molecule has 1 aromatic carbocycles. The molecule has 0 saturated carbocycles. The average Bonchev–Trinajstić information content (AvgIpc) is 2.83. The molecule has 0 unspecified atom stereocenters. The fraction of sp³-hybridized carbons (Fsp3) is 0.364. The molecule has 1 aromatic heterocycles. The van der Waals surface area contributed by atoms with Gasteiger partial charge in [0.1, 0.15) is 23.3 Å². The van der Waals surface area contributed by atoms with Crippen LogP contribution in [0.2, 0.25) is 0 Å². The zero-order chi connectivity index (χ0) is 23.8. The van der Waals surface area contributed by atoms with Crippen LogP contribution in [0.1, 0.15) is 25.3 Å². The molecule has 172 valence electrons. The minimum absolute atomic E-state index is 0.00673. The predicted octanol–water partition coefficient (Wildman–Crippen LogP) is 2.66. The van der Waals surface area contributed by atoms with Crippen LogP contribution >= 0.6 is 0 Å². The number of nitro benzene ring substituents is 1. The number of nitrogens with zero attached hydrogens (tertiary/aromatic N) is 4. The normalized spacial score (nSPS) is 13.6. The maximum atomic E-state index is 12.4. The van der Waals surface area contributed by atoms with Gasteiger partial charge in [0.25, 0.3) is 11.6 Å². The Labute approximate surface area is 190 Å². The topological polar surface area (TPSA) is 148 Å². The Bertz CT molecular complexity index is 1060. The number of anilines is 2. The highest BCUT2D eigenvalue weighted by Crippen LogP contribution is 2.29. The molecule has 0 atom stereocenters. The number of carbonyl (C=O) groups is 2. The van der Waals surface area contributed by atoms with Crippen LogP contribution in [-0.4, -0.2) is 48.1 Å². The van der Waals surface area contributed by atoms with E-state index in [4.69, 9.17) is 14.7 Å². The van der Waals surface area contributed by atoms with E-state index in [-0.39, 0.29) is 17.3 Å². The Morgan fingerprint density at radius 3 is 2.67 bits per heavy atom. The van der Waals surface area contributed by atoms with E-state index in [0.717, 1.165) is 5.82 Å². The van der Waals surface area contributed by atoms with Crippen molar-refractivity contribution in [2.75, 3.05) is 36.5 Å². The summed E-state index contributed by atoms with van der Waals surface area (Å²) in [5.74, 6) is -0.464. The van der Waals surface area contributed by atoms with Crippen molar-refractivity contribution in [2.24, 2.45) is 5.92 Å². The van der Waals surface area contributed by atoms with Gasteiger partial charge in [-0.1, -0.05) is 0 Å². The van der Waals surface area contributed by atoms with Crippen molar-refractivity contribution in [2.45, 2.75) is 19.8 Å². The predicted molar refractivity (Wildman–Crippen MR) is 118 cm³/mol. The fourth-order valence-electron chi connectivity index (χ4n) is 3.45. The molecule has 1 fully saturated rings. The zero-order valence-corrected chi connectivity index (χ0v) is 18.0. The van der Waals surface area contributed by atoms with Crippen molar-refractivity contribution in [1.29, 1.82) is 5.26 Å². The summed E-state index contributed by atoms with van der Waals surface area (Å²) in [6, 6.07) is 9.58. The van der Waals surface area contributed by atoms with Crippen LogP contribution in [0.5, 0.6) is 5.75 Å². The fourth-order valence-corrected chi connectivity index (χ4v) is 3.45. The number of aromatic nitrogens is 1. The molecular weight excluding hydrogens is 430 g/mol. The molecule has 1 aliphatic heterocycles. The Morgan fingerprint density at radius 1 is 1.30 bits per heavy atom. The second-order valence-electron chi connectivity index (χ2n) is 7.30. The standard InChI is InChI=1S/C22H23N5O6/c1-2-32-17-4-5-18(19(11-17)27(30)31)25-21(28)14-33-22(29)16-7-9-26(10-8-16)20-6-3-15(12-23)13-24-20/h3-6,11,13,16H,2,7-10,14H2,1H3,(H,25,28). The highest BCUT2D eigenvalue weighted by molar-refractivity contribution is 5.95. The summed E-state index contributed by atoms with van der Waals surface area (Å²) in [5.41, 5.74) is 0.156. The van der Waals surface area contributed by atoms with E-state index in [9.17, 15) is 19.7 Å². The molecule has 33 heavy (non-hydrogen) atoms. The van der Waals surface area contributed by atoms with Gasteiger partial charge in [-0.05, 0) is 44.0 Å². The third-order valence-electron chi connectivity index (χ3n) is 5.13. The number of nitrogens with one attached hydrogen (secondary N) is 1. The van der Waals surface area contributed by atoms with Crippen LogP contribution in [0.4, 0.5) is 17.2 Å². The van der Waals surface area contributed by atoms with Crippen LogP contribution in [0.3, 0.4) is 0 Å². The molecule has 2 aromatic rings. The number of carbonyl (C=O) groups excluding carboxylic acids is 2. The minimum atomic E-state index is -0.671. The smallest absolute Gasteiger partial charge is 0.309 e. The van der Waals surface area contributed by atoms with E-state index >= 15 is 0 Å². The summed E-state index contributed by atoms with van der Waals surface area (Å²) in [7, 11) is 0. The molecular formula is C22H23N5O6. The van der Waals surface area contributed by atoms with Gasteiger partial charge >= 0.3 is 5.97 Å². The lowest BCUT2D eigenvalue weighted by molar-refractivity contribution is -0.384. The Kier molecular flexibility index (Phi) is 7.75. The van der Waals surface area contributed by atoms with Gasteiger partial charge in [-0.25, -0.2) is 4.98 Å². The first-order valence-electron chi connectivity index (χ1n) is 10.4. The molecule has 0 spiro atoms. The van der Waals surface area contributed by atoms with Crippen LogP contribution in [0.15, 0.2) is 36.5 Å². The number of ether oxygens (including phenoxy) is 2. The van der Waals surface area contributed by atoms with E-state index in [2.05, 4.69) is 10.3 Å². The molecule has 11 nitrogen and oxygen atoms in total. The van der Waals surface area contributed by atoms with Gasteiger partial charge in [-0.15, -0.1) is 0 Å². The minimum Gasteiger partial charge on any atom is -0.494 e. The first kappa shape index (κ1) is 23.5. The van der Waals surface area contributed by atoms with Gasteiger partial charge in [-0.2, -0.15) is 5.26 Å². The molecule has 1 N–H and O–H groups in total. The van der Waals surface area contributed by atoms with Crippen molar-refractivity contribution in [3.8, 4) is 11.8 Å². The summed E-state index contributed by atoms with van der Waals surface area (Å²) >= 11 is 0. The van der Waals surface area contributed by atoms with Crippen molar-refractivity contribution < 1.29 is 24.0 Å². The summed E-state index contributed by atoms with van der Waals surface area (Å²) in [4.78, 5) is 41.5. The molecule has 11 heteroatoms. The van der Waals surface area contributed by atoms with Crippen molar-refractivity contribution in [3.63, 3.8) is 0 Å². The molecule has 1 saturated heterocycles. The van der Waals surface area contributed by atoms with Gasteiger partial charge < -0.3 is 19.7 Å². The van der Waals surface area contributed by atoms with Crippen LogP contribution in [-0.2, 0) is 14.3 Å². The third-order valence-corrected chi connectivity index (χ3v) is 5.13. The van der Waals surface area contributed by atoms with E-state index in [1.807, 2.05) is 11.0 Å². The molecule has 0 aliphatic carbocycles. The number of nitriles is 1. The number of nitro groups is 1. The van der Waals surface area contributed by atoms with E-state index in [1.54, 1.807) is 19.1 Å². The highest BCUT2D eigenvalue weighted by atomic mass is 16.6. The monoisotopic (exact) mass is 453 g/mol. The van der Waals surface area contributed by atoms with Gasteiger partial charge in [-0.3, -0.25) is 19.7 Å². The first-order chi connectivity index (χ1) is 15.9. The first-order valence-corrected chi connectivity index (χ1v) is 10.4. The van der Waals surface area contributed by atoms with E-state index in [0.29, 0.717) is 43.9 Å². The van der Waals surface area contributed by atoms with Crippen LogP contribution in [0.25, 0.3) is 0 Å². The van der Waals surface area contributed by atoms with Crippen LogP contribution < -0.4 is 15.0 Å². The molecule has 1 amide bonds. The van der Waals surface area contributed by atoms with Gasteiger partial charge in [0, 0.05) is 19.3 Å². The quantitative estimate of drug-likeness (QED) is 0.362. The van der Waals surface area contributed by atoms with Gasteiger partial charge in [0.2, 0.25) is 0 Å². The molecule has 1 aliphatic rings. The molecule has 0 radical (unpaired) electrons. The molecule has 2 heterocycles. The lowest BCUT2D eigenvalue weighted by Gasteiger charge is -2.31. The van der Waals surface area contributed by atoms with Crippen molar-refractivity contribution >= 4 is 29.1 Å². The summed E-state index contributed by atoms with van der Waals surface area (Å²) in [6.45, 7) is 2.73. The number of pyridine rings is 1. The number of rotatable bonds is 8. The summed E-state index contributed by atoms with van der Waals surface area (Å²) < 4.78 is 10.4. The van der Waals surface area contributed by atoms with Gasteiger partial charge in [0.05, 0.1) is 29.1 Å².